The van der Waals surface area contributed by atoms with Crippen molar-refractivity contribution in [3.05, 3.63) is 41.9 Å². The van der Waals surface area contributed by atoms with Crippen molar-refractivity contribution in [2.45, 2.75) is 12.8 Å². The van der Waals surface area contributed by atoms with Crippen LogP contribution in [0.3, 0.4) is 0 Å². The molecule has 0 N–H and O–H groups in total. The van der Waals surface area contributed by atoms with Gasteiger partial charge in [-0.1, -0.05) is 18.2 Å². The highest BCUT2D eigenvalue weighted by Crippen LogP contribution is 2.20. The average Bonchev–Trinajstić information content (AvgIpc) is 2.69. The molecular formula is C12H10ClN3. The van der Waals surface area contributed by atoms with E-state index in [4.69, 9.17) is 11.6 Å². The molecule has 0 aliphatic rings. The largest absolute Gasteiger partial charge is 0.232 e. The zero-order valence-electron chi connectivity index (χ0n) is 8.81. The Labute approximate surface area is 97.7 Å². The first kappa shape index (κ1) is 9.60. The summed E-state index contributed by atoms with van der Waals surface area (Å²) in [5.41, 5.74) is 3.01. The first-order chi connectivity index (χ1) is 7.79. The van der Waals surface area contributed by atoms with Crippen LogP contribution in [0.15, 0.2) is 30.3 Å². The van der Waals surface area contributed by atoms with Gasteiger partial charge in [0.1, 0.15) is 5.82 Å². The van der Waals surface area contributed by atoms with Gasteiger partial charge in [-0.3, -0.25) is 0 Å². The maximum absolute atomic E-state index is 5.89. The van der Waals surface area contributed by atoms with E-state index in [1.54, 1.807) is 0 Å². The fourth-order valence-electron chi connectivity index (χ4n) is 1.95. The molecule has 80 valence electrons. The summed E-state index contributed by atoms with van der Waals surface area (Å²) in [5.74, 6) is 1.14. The predicted octanol–water partition coefficient (Wildman–Crippen LogP) is 2.93. The molecule has 0 fully saturated rings. The summed E-state index contributed by atoms with van der Waals surface area (Å²) in [4.78, 5) is 4.50. The monoisotopic (exact) mass is 231 g/mol. The van der Waals surface area contributed by atoms with E-state index in [1.807, 2.05) is 29.6 Å². The van der Waals surface area contributed by atoms with Crippen molar-refractivity contribution in [3.63, 3.8) is 0 Å². The molecule has 4 heteroatoms. The molecule has 0 saturated heterocycles. The van der Waals surface area contributed by atoms with E-state index in [-0.39, 0.29) is 0 Å². The van der Waals surface area contributed by atoms with E-state index < -0.39 is 0 Å². The molecule has 0 spiro atoms. The SMILES string of the molecule is Cc1cc2c3ccccc3nc(CCl)n2n1. The van der Waals surface area contributed by atoms with Gasteiger partial charge in [0.15, 0.2) is 0 Å². The molecule has 2 aromatic heterocycles. The van der Waals surface area contributed by atoms with Gasteiger partial charge in [0.25, 0.3) is 0 Å². The third-order valence-electron chi connectivity index (χ3n) is 2.63. The molecule has 16 heavy (non-hydrogen) atoms. The molecular weight excluding hydrogens is 222 g/mol. The second-order valence-electron chi connectivity index (χ2n) is 3.76. The predicted molar refractivity (Wildman–Crippen MR) is 64.8 cm³/mol. The van der Waals surface area contributed by atoms with Gasteiger partial charge < -0.3 is 0 Å². The Morgan fingerprint density at radius 3 is 2.94 bits per heavy atom. The molecule has 0 aliphatic carbocycles. The second kappa shape index (κ2) is 3.46. The van der Waals surface area contributed by atoms with Crippen LogP contribution in [0, 0.1) is 6.92 Å². The summed E-state index contributed by atoms with van der Waals surface area (Å²) < 4.78 is 1.82. The van der Waals surface area contributed by atoms with Crippen LogP contribution < -0.4 is 0 Å². The summed E-state index contributed by atoms with van der Waals surface area (Å²) in [7, 11) is 0. The number of para-hydroxylation sites is 1. The molecule has 0 unspecified atom stereocenters. The molecule has 0 saturated carbocycles. The lowest BCUT2D eigenvalue weighted by molar-refractivity contribution is 0.850. The van der Waals surface area contributed by atoms with Gasteiger partial charge in [-0.05, 0) is 19.1 Å². The number of alkyl halides is 1. The number of halogens is 1. The highest BCUT2D eigenvalue weighted by Gasteiger charge is 2.08. The zero-order valence-corrected chi connectivity index (χ0v) is 9.57. The lowest BCUT2D eigenvalue weighted by atomic mass is 10.2. The Morgan fingerprint density at radius 2 is 2.12 bits per heavy atom. The summed E-state index contributed by atoms with van der Waals surface area (Å²) in [6, 6.07) is 10.1. The highest BCUT2D eigenvalue weighted by molar-refractivity contribution is 6.16. The van der Waals surface area contributed by atoms with Gasteiger partial charge in [0.2, 0.25) is 0 Å². The summed E-state index contributed by atoms with van der Waals surface area (Å²) in [5, 5.41) is 5.51. The minimum Gasteiger partial charge on any atom is -0.232 e. The van der Waals surface area contributed by atoms with Crippen molar-refractivity contribution in [3.8, 4) is 0 Å². The van der Waals surface area contributed by atoms with Gasteiger partial charge in [-0.15, -0.1) is 11.6 Å². The van der Waals surface area contributed by atoms with Crippen LogP contribution in [0.1, 0.15) is 11.5 Å². The van der Waals surface area contributed by atoms with Crippen LogP contribution in [-0.4, -0.2) is 14.6 Å². The first-order valence-electron chi connectivity index (χ1n) is 5.09. The summed E-state index contributed by atoms with van der Waals surface area (Å²) in [6.45, 7) is 1.97. The standard InChI is InChI=1S/C12H10ClN3/c1-8-6-11-9-4-2-3-5-10(9)14-12(7-13)16(11)15-8/h2-6H,7H2,1H3. The van der Waals surface area contributed by atoms with Gasteiger partial charge in [0.05, 0.1) is 22.6 Å². The number of benzene rings is 1. The van der Waals surface area contributed by atoms with E-state index in [1.165, 1.54) is 0 Å². The molecule has 0 atom stereocenters. The molecule has 0 amide bonds. The van der Waals surface area contributed by atoms with Gasteiger partial charge in [-0.2, -0.15) is 5.10 Å². The number of aryl methyl sites for hydroxylation is 1. The number of hydrogen-bond donors (Lipinski definition) is 0. The van der Waals surface area contributed by atoms with Crippen molar-refractivity contribution in [2.75, 3.05) is 0 Å². The normalized spacial score (nSPS) is 11.4. The van der Waals surface area contributed by atoms with Crippen molar-refractivity contribution in [1.29, 1.82) is 0 Å². The fraction of sp³-hybridized carbons (Fsp3) is 0.167. The van der Waals surface area contributed by atoms with Gasteiger partial charge >= 0.3 is 0 Å². The van der Waals surface area contributed by atoms with E-state index in [0.717, 1.165) is 27.9 Å². The minimum absolute atomic E-state index is 0.364. The highest BCUT2D eigenvalue weighted by atomic mass is 35.5. The molecule has 0 bridgehead atoms. The Hall–Kier alpha value is -1.61. The van der Waals surface area contributed by atoms with E-state index >= 15 is 0 Å². The van der Waals surface area contributed by atoms with Crippen LogP contribution in [0.4, 0.5) is 0 Å². The Kier molecular flexibility index (Phi) is 2.07. The molecule has 3 rings (SSSR count). The van der Waals surface area contributed by atoms with Crippen LogP contribution >= 0.6 is 11.6 Å². The Bertz CT molecular complexity index is 672. The molecule has 0 aliphatic heterocycles. The molecule has 1 aromatic carbocycles. The lowest BCUT2D eigenvalue weighted by Crippen LogP contribution is -2.00. The number of fused-ring (bicyclic) bond motifs is 3. The third-order valence-corrected chi connectivity index (χ3v) is 2.86. The molecule has 3 aromatic rings. The fourth-order valence-corrected chi connectivity index (χ4v) is 2.12. The van der Waals surface area contributed by atoms with Crippen LogP contribution in [-0.2, 0) is 5.88 Å². The van der Waals surface area contributed by atoms with Gasteiger partial charge in [0, 0.05) is 5.39 Å². The number of nitrogens with zero attached hydrogens (tertiary/aromatic N) is 3. The minimum atomic E-state index is 0.364. The average molecular weight is 232 g/mol. The van der Waals surface area contributed by atoms with Crippen molar-refractivity contribution < 1.29 is 0 Å². The Morgan fingerprint density at radius 1 is 1.31 bits per heavy atom. The van der Waals surface area contributed by atoms with E-state index in [0.29, 0.717) is 5.88 Å². The number of rotatable bonds is 1. The smallest absolute Gasteiger partial charge is 0.145 e. The van der Waals surface area contributed by atoms with E-state index in [9.17, 15) is 0 Å². The maximum Gasteiger partial charge on any atom is 0.145 e. The Balaban J connectivity index is 2.56. The van der Waals surface area contributed by atoms with Crippen LogP contribution in [0.5, 0.6) is 0 Å². The van der Waals surface area contributed by atoms with Crippen molar-refractivity contribution in [1.82, 2.24) is 14.6 Å². The number of hydrogen-bond acceptors (Lipinski definition) is 2. The summed E-state index contributed by atoms with van der Waals surface area (Å²) >= 11 is 5.89. The third kappa shape index (κ3) is 1.28. The quantitative estimate of drug-likeness (QED) is 0.603. The molecule has 2 heterocycles. The molecule has 3 nitrogen and oxygen atoms in total. The van der Waals surface area contributed by atoms with Crippen molar-refractivity contribution >= 4 is 28.0 Å². The second-order valence-corrected chi connectivity index (χ2v) is 4.03. The maximum atomic E-state index is 5.89. The van der Waals surface area contributed by atoms with Crippen LogP contribution in [0.25, 0.3) is 16.4 Å². The topological polar surface area (TPSA) is 30.2 Å². The van der Waals surface area contributed by atoms with Gasteiger partial charge in [-0.25, -0.2) is 9.50 Å². The summed E-state index contributed by atoms with van der Waals surface area (Å²) in [6.07, 6.45) is 0. The van der Waals surface area contributed by atoms with E-state index in [2.05, 4.69) is 22.2 Å². The van der Waals surface area contributed by atoms with Crippen molar-refractivity contribution in [2.24, 2.45) is 0 Å². The molecule has 0 radical (unpaired) electrons. The zero-order chi connectivity index (χ0) is 11.1. The lowest BCUT2D eigenvalue weighted by Gasteiger charge is -2.04. The number of aromatic nitrogens is 3. The van der Waals surface area contributed by atoms with Crippen LogP contribution in [0.2, 0.25) is 0 Å². The first-order valence-corrected chi connectivity index (χ1v) is 5.63.